The fourth-order valence-corrected chi connectivity index (χ4v) is 7.61. The Hall–Kier alpha value is -6.84. The molecule has 1 atom stereocenters. The number of nitrogens with two attached hydrogens (primary N) is 1. The minimum atomic E-state index is -4.02. The van der Waals surface area contributed by atoms with Crippen molar-refractivity contribution < 1.29 is 46.7 Å². The number of hydrogen-bond acceptors (Lipinski definition) is 16. The second-order valence-electron chi connectivity index (χ2n) is 14.2. The number of methoxy groups -OCH3 is 1. The Morgan fingerprint density at radius 2 is 1.63 bits per heavy atom. The average molecular weight is 887 g/mol. The zero-order valence-corrected chi connectivity index (χ0v) is 35.4. The van der Waals surface area contributed by atoms with Crippen LogP contribution in [0.4, 0.5) is 10.8 Å². The van der Waals surface area contributed by atoms with E-state index >= 15 is 0 Å². The number of fused-ring (bicyclic) bond motifs is 1. The van der Waals surface area contributed by atoms with E-state index in [2.05, 4.69) is 25.8 Å². The third-order valence-electron chi connectivity index (χ3n) is 9.46. The Morgan fingerprint density at radius 1 is 0.919 bits per heavy atom. The van der Waals surface area contributed by atoms with Crippen molar-refractivity contribution >= 4 is 60.8 Å². The molecule has 324 valence electrons. The van der Waals surface area contributed by atoms with Gasteiger partial charge in [0, 0.05) is 35.9 Å². The van der Waals surface area contributed by atoms with Crippen LogP contribution in [0.5, 0.6) is 11.5 Å². The molecule has 2 aromatic heterocycles. The highest BCUT2D eigenvalue weighted by molar-refractivity contribution is 7.91. The van der Waals surface area contributed by atoms with Crippen molar-refractivity contribution in [3.8, 4) is 11.5 Å². The van der Waals surface area contributed by atoms with E-state index in [0.717, 1.165) is 27.6 Å². The summed E-state index contributed by atoms with van der Waals surface area (Å²) >= 11 is 0.653. The molecule has 0 radical (unpaired) electrons. The number of hydrogen-bond donors (Lipinski definition) is 2. The second kappa shape index (κ2) is 20.1. The van der Waals surface area contributed by atoms with Gasteiger partial charge in [-0.05, 0) is 91.4 Å². The van der Waals surface area contributed by atoms with E-state index in [1.807, 2.05) is 49.4 Å². The first kappa shape index (κ1) is 44.7. The fraction of sp³-hybridized carbons (Fsp3) is 0.293. The number of aromatic nitrogens is 5. The number of primary sulfonamides is 1. The van der Waals surface area contributed by atoms with Crippen molar-refractivity contribution in [1.29, 1.82) is 0 Å². The minimum Gasteiger partial charge on any atom is -0.497 e. The van der Waals surface area contributed by atoms with E-state index in [1.54, 1.807) is 38.4 Å². The lowest BCUT2D eigenvalue weighted by Crippen LogP contribution is -2.16. The number of nitro groups is 1. The molecule has 4 aromatic carbocycles. The quantitative estimate of drug-likeness (QED) is 0.0307. The minimum absolute atomic E-state index is 0.0129. The maximum Gasteiger partial charge on any atom is 0.328 e. The molecule has 0 bridgehead atoms. The van der Waals surface area contributed by atoms with Gasteiger partial charge in [0.25, 0.3) is 15.7 Å². The van der Waals surface area contributed by atoms with Crippen molar-refractivity contribution in [2.75, 3.05) is 12.4 Å². The Labute approximate surface area is 359 Å². The maximum atomic E-state index is 13.4. The lowest BCUT2D eigenvalue weighted by Gasteiger charge is -2.19. The third kappa shape index (κ3) is 12.1. The predicted octanol–water partition coefficient (Wildman–Crippen LogP) is 5.68. The fourth-order valence-electron chi connectivity index (χ4n) is 6.26. The van der Waals surface area contributed by atoms with Crippen LogP contribution in [0.3, 0.4) is 0 Å². The molecule has 0 saturated carbocycles. The van der Waals surface area contributed by atoms with E-state index in [0.29, 0.717) is 58.7 Å². The lowest BCUT2D eigenvalue weighted by atomic mass is 9.98. The predicted molar refractivity (Wildman–Crippen MR) is 225 cm³/mol. The van der Waals surface area contributed by atoms with Gasteiger partial charge in [-0.2, -0.15) is 0 Å². The summed E-state index contributed by atoms with van der Waals surface area (Å²) < 4.78 is 46.8. The zero-order valence-electron chi connectivity index (χ0n) is 33.8. The number of carbonyl (C=O) groups excluding carboxylic acids is 3. The van der Waals surface area contributed by atoms with Crippen molar-refractivity contribution in [3.63, 3.8) is 0 Å². The second-order valence-corrected chi connectivity index (χ2v) is 16.9. The molecule has 2 heterocycles. The first-order valence-corrected chi connectivity index (χ1v) is 21.4. The summed E-state index contributed by atoms with van der Waals surface area (Å²) in [6.07, 6.45) is 3.26. The van der Waals surface area contributed by atoms with E-state index in [4.69, 9.17) is 24.1 Å². The van der Waals surface area contributed by atoms with Crippen LogP contribution in [0, 0.1) is 17.0 Å². The van der Waals surface area contributed by atoms with E-state index in [-0.39, 0.29) is 49.5 Å². The SMILES string of the molecule is COc1ccc2cc([C@H](C)C(=O)OCc3cc(C)cc(COC(=O)Cn4cc(CCCCC(=O)Nc5nnc(S(N)(=O)=O)s5)nn4)c3OCc3ccc([N+](=O)[O-])cc3)ccc2c1. The molecule has 0 spiro atoms. The van der Waals surface area contributed by atoms with Crippen LogP contribution in [-0.4, -0.2) is 63.5 Å². The summed E-state index contributed by atoms with van der Waals surface area (Å²) in [5.74, 6) is -0.979. The normalized spacial score (nSPS) is 11.8. The highest BCUT2D eigenvalue weighted by Gasteiger charge is 2.21. The van der Waals surface area contributed by atoms with E-state index in [9.17, 15) is 32.9 Å². The lowest BCUT2D eigenvalue weighted by molar-refractivity contribution is -0.384. The summed E-state index contributed by atoms with van der Waals surface area (Å²) in [4.78, 5) is 49.4. The Kier molecular flexibility index (Phi) is 14.5. The van der Waals surface area contributed by atoms with Crippen molar-refractivity contribution in [1.82, 2.24) is 25.2 Å². The highest BCUT2D eigenvalue weighted by atomic mass is 32.2. The average Bonchev–Trinajstić information content (AvgIpc) is 3.92. The molecular formula is C41H42N8O11S2. The first-order valence-electron chi connectivity index (χ1n) is 19.1. The molecule has 0 fully saturated rings. The molecule has 0 unspecified atom stereocenters. The molecule has 0 aliphatic heterocycles. The van der Waals surface area contributed by atoms with Gasteiger partial charge in [0.1, 0.15) is 37.9 Å². The van der Waals surface area contributed by atoms with Crippen LogP contribution >= 0.6 is 11.3 Å². The molecule has 21 heteroatoms. The molecule has 3 N–H and O–H groups in total. The standard InChI is InChI=1S/C41H42N8O11S2/c1-25-16-31(23-58-37(51)21-48-20-33(44-47-48)6-4-5-7-36(50)43-40-45-46-41(61-40)62(42,55)56)38(59-22-27-8-13-34(14-9-27)49(53)54)32(17-25)24-60-39(52)26(2)28-10-11-30-19-35(57-3)15-12-29(30)18-28/h8-20,26H,4-7,21-24H2,1-3H3,(H2,42,55,56)(H,43,45,50)/t26-/m0/s1. The number of ether oxygens (including phenoxy) is 4. The van der Waals surface area contributed by atoms with Gasteiger partial charge in [0.15, 0.2) is 0 Å². The summed E-state index contributed by atoms with van der Waals surface area (Å²) in [5, 5.41) is 35.8. The van der Waals surface area contributed by atoms with Crippen LogP contribution in [0.1, 0.15) is 65.6 Å². The summed E-state index contributed by atoms with van der Waals surface area (Å²) in [6, 6.07) is 20.9. The van der Waals surface area contributed by atoms with Crippen LogP contribution < -0.4 is 19.9 Å². The zero-order chi connectivity index (χ0) is 44.4. The number of benzene rings is 4. The van der Waals surface area contributed by atoms with Crippen LogP contribution in [0.15, 0.2) is 83.3 Å². The Morgan fingerprint density at radius 3 is 2.32 bits per heavy atom. The van der Waals surface area contributed by atoms with Crippen molar-refractivity contribution in [3.05, 3.63) is 123 Å². The Balaban J connectivity index is 1.06. The molecule has 1 amide bonds. The molecular weight excluding hydrogens is 845 g/mol. The first-order chi connectivity index (χ1) is 29.6. The smallest absolute Gasteiger partial charge is 0.328 e. The molecule has 0 aliphatic carbocycles. The number of amides is 1. The maximum absolute atomic E-state index is 13.4. The number of nitro benzene ring substituents is 1. The van der Waals surface area contributed by atoms with Crippen LogP contribution in [-0.2, 0) is 66.7 Å². The van der Waals surface area contributed by atoms with Crippen molar-refractivity contribution in [2.45, 2.75) is 76.2 Å². The number of anilines is 1. The number of non-ortho nitro benzene ring substituents is 1. The van der Waals surface area contributed by atoms with Gasteiger partial charge in [-0.3, -0.25) is 24.5 Å². The topological polar surface area (TPSA) is 260 Å². The van der Waals surface area contributed by atoms with Gasteiger partial charge in [-0.25, -0.2) is 18.2 Å². The number of nitrogens with one attached hydrogen (secondary N) is 1. The van der Waals surface area contributed by atoms with Crippen LogP contribution in [0.25, 0.3) is 10.8 Å². The van der Waals surface area contributed by atoms with Crippen molar-refractivity contribution in [2.24, 2.45) is 5.14 Å². The monoisotopic (exact) mass is 886 g/mol. The van der Waals surface area contributed by atoms with Crippen LogP contribution in [0.2, 0.25) is 0 Å². The van der Waals surface area contributed by atoms with Gasteiger partial charge in [0.2, 0.25) is 15.4 Å². The largest absolute Gasteiger partial charge is 0.497 e. The number of nitrogens with zero attached hydrogens (tertiary/aromatic N) is 6. The summed E-state index contributed by atoms with van der Waals surface area (Å²) in [7, 11) is -2.41. The van der Waals surface area contributed by atoms with Gasteiger partial charge in [-0.15, -0.1) is 15.3 Å². The number of unbranched alkanes of at least 4 members (excludes halogenated alkanes) is 1. The molecule has 19 nitrogen and oxygen atoms in total. The van der Waals surface area contributed by atoms with Gasteiger partial charge in [-0.1, -0.05) is 46.4 Å². The number of rotatable bonds is 20. The van der Waals surface area contributed by atoms with E-state index in [1.165, 1.54) is 16.8 Å². The highest BCUT2D eigenvalue weighted by Crippen LogP contribution is 2.31. The molecule has 6 aromatic rings. The molecule has 0 saturated heterocycles. The summed E-state index contributed by atoms with van der Waals surface area (Å²) in [5.41, 5.74) is 3.76. The number of sulfonamides is 1. The number of aryl methyl sites for hydroxylation is 2. The molecule has 6 rings (SSSR count). The van der Waals surface area contributed by atoms with Gasteiger partial charge in [0.05, 0.1) is 23.6 Å². The summed E-state index contributed by atoms with van der Waals surface area (Å²) in [6.45, 7) is 3.04. The number of carbonyl (C=O) groups is 3. The van der Waals surface area contributed by atoms with Gasteiger partial charge >= 0.3 is 11.9 Å². The van der Waals surface area contributed by atoms with E-state index < -0.39 is 37.1 Å². The molecule has 62 heavy (non-hydrogen) atoms. The Bertz CT molecular complexity index is 2700. The van der Waals surface area contributed by atoms with Gasteiger partial charge < -0.3 is 24.3 Å². The molecule has 0 aliphatic rings. The third-order valence-corrected chi connectivity index (χ3v) is 11.6. The number of esters is 2.